The minimum absolute atomic E-state index is 0.0971. The van der Waals surface area contributed by atoms with Crippen LogP contribution in [0.15, 0.2) is 15.9 Å². The molecule has 0 unspecified atom stereocenters. The van der Waals surface area contributed by atoms with E-state index in [1.54, 1.807) is 0 Å². The zero-order chi connectivity index (χ0) is 13.2. The van der Waals surface area contributed by atoms with Crippen LogP contribution in [0.2, 0.25) is 5.02 Å². The van der Waals surface area contributed by atoms with Crippen molar-refractivity contribution in [2.24, 2.45) is 0 Å². The zero-order valence-corrected chi connectivity index (χ0v) is 12.2. The molecule has 2 heterocycles. The third-order valence-electron chi connectivity index (χ3n) is 2.27. The molecule has 0 saturated heterocycles. The van der Waals surface area contributed by atoms with Crippen molar-refractivity contribution < 1.29 is 4.42 Å². The van der Waals surface area contributed by atoms with Crippen molar-refractivity contribution in [3.63, 3.8) is 0 Å². The zero-order valence-electron chi connectivity index (χ0n) is 10.7. The molecule has 0 aromatic carbocycles. The molecule has 2 aromatic heterocycles. The van der Waals surface area contributed by atoms with Gasteiger partial charge in [0, 0.05) is 18.5 Å². The molecule has 18 heavy (non-hydrogen) atoms. The fourth-order valence-corrected chi connectivity index (χ4v) is 2.49. The highest BCUT2D eigenvalue weighted by Crippen LogP contribution is 2.31. The highest BCUT2D eigenvalue weighted by Gasteiger charge is 2.14. The Bertz CT molecular complexity index is 515. The van der Waals surface area contributed by atoms with E-state index in [-0.39, 0.29) is 5.54 Å². The highest BCUT2D eigenvalue weighted by molar-refractivity contribution is 7.14. The lowest BCUT2D eigenvalue weighted by Crippen LogP contribution is -2.37. The summed E-state index contributed by atoms with van der Waals surface area (Å²) in [6, 6.07) is 1.83. The van der Waals surface area contributed by atoms with E-state index in [1.165, 1.54) is 11.3 Å². The van der Waals surface area contributed by atoms with Gasteiger partial charge in [-0.3, -0.25) is 0 Å². The minimum atomic E-state index is 0.0971. The van der Waals surface area contributed by atoms with Gasteiger partial charge in [-0.15, -0.1) is 21.5 Å². The van der Waals surface area contributed by atoms with Crippen molar-refractivity contribution in [2.75, 3.05) is 6.54 Å². The summed E-state index contributed by atoms with van der Waals surface area (Å²) in [5.74, 6) is 1.13. The summed E-state index contributed by atoms with van der Waals surface area (Å²) in [6.07, 6.45) is 0.716. The lowest BCUT2D eigenvalue weighted by atomic mass is 10.1. The smallest absolute Gasteiger partial charge is 0.259 e. The van der Waals surface area contributed by atoms with Crippen molar-refractivity contribution in [1.82, 2.24) is 15.5 Å². The van der Waals surface area contributed by atoms with E-state index in [0.29, 0.717) is 23.2 Å². The van der Waals surface area contributed by atoms with Gasteiger partial charge in [0.25, 0.3) is 5.89 Å². The molecule has 0 atom stereocenters. The average Bonchev–Trinajstić information content (AvgIpc) is 2.84. The predicted octanol–water partition coefficient (Wildman–Crippen LogP) is 3.38. The van der Waals surface area contributed by atoms with E-state index < -0.39 is 0 Å². The van der Waals surface area contributed by atoms with Gasteiger partial charge in [-0.25, -0.2) is 0 Å². The van der Waals surface area contributed by atoms with Gasteiger partial charge in [0.15, 0.2) is 0 Å². The Labute approximate surface area is 115 Å². The third-order valence-corrected chi connectivity index (χ3v) is 3.60. The van der Waals surface area contributed by atoms with Gasteiger partial charge in [-0.2, -0.15) is 0 Å². The first-order valence-electron chi connectivity index (χ1n) is 5.76. The van der Waals surface area contributed by atoms with Crippen LogP contribution >= 0.6 is 22.9 Å². The first-order chi connectivity index (χ1) is 8.46. The maximum atomic E-state index is 6.02. The Morgan fingerprint density at radius 3 is 2.78 bits per heavy atom. The van der Waals surface area contributed by atoms with Crippen molar-refractivity contribution in [2.45, 2.75) is 32.7 Å². The topological polar surface area (TPSA) is 51.0 Å². The lowest BCUT2D eigenvalue weighted by Gasteiger charge is -2.19. The maximum absolute atomic E-state index is 6.02. The van der Waals surface area contributed by atoms with E-state index in [1.807, 2.05) is 11.4 Å². The maximum Gasteiger partial charge on any atom is 0.259 e. The lowest BCUT2D eigenvalue weighted by molar-refractivity contribution is 0.412. The summed E-state index contributed by atoms with van der Waals surface area (Å²) in [5.41, 5.74) is 0.0971. The summed E-state index contributed by atoms with van der Waals surface area (Å²) in [5, 5.41) is 14.0. The first-order valence-corrected chi connectivity index (χ1v) is 7.02. The van der Waals surface area contributed by atoms with Gasteiger partial charge in [0.2, 0.25) is 5.89 Å². The summed E-state index contributed by atoms with van der Waals surface area (Å²) in [4.78, 5) is 0.833. The molecule has 0 saturated carbocycles. The van der Waals surface area contributed by atoms with E-state index in [9.17, 15) is 0 Å². The van der Waals surface area contributed by atoms with Crippen LogP contribution in [0.4, 0.5) is 0 Å². The number of halogens is 1. The molecular weight excluding hydrogens is 270 g/mol. The molecular formula is C12H16ClN3OS. The fourth-order valence-electron chi connectivity index (χ4n) is 1.44. The Kier molecular flexibility index (Phi) is 4.04. The molecule has 2 aromatic rings. The van der Waals surface area contributed by atoms with E-state index >= 15 is 0 Å². The first kappa shape index (κ1) is 13.5. The quantitative estimate of drug-likeness (QED) is 0.936. The molecule has 0 aliphatic rings. The number of aromatic nitrogens is 2. The number of nitrogens with one attached hydrogen (secondary N) is 1. The van der Waals surface area contributed by atoms with Crippen LogP contribution in [0.25, 0.3) is 10.8 Å². The number of thiophene rings is 1. The average molecular weight is 286 g/mol. The van der Waals surface area contributed by atoms with Gasteiger partial charge in [0.1, 0.15) is 4.88 Å². The molecule has 0 aliphatic carbocycles. The van der Waals surface area contributed by atoms with Crippen LogP contribution < -0.4 is 5.32 Å². The SMILES string of the molecule is CC(C)(C)NCCc1nnc(-c2sccc2Cl)o1. The molecule has 0 spiro atoms. The van der Waals surface area contributed by atoms with E-state index in [2.05, 4.69) is 36.3 Å². The monoisotopic (exact) mass is 285 g/mol. The minimum Gasteiger partial charge on any atom is -0.420 e. The molecule has 0 fully saturated rings. The summed E-state index contributed by atoms with van der Waals surface area (Å²) < 4.78 is 5.59. The van der Waals surface area contributed by atoms with Crippen LogP contribution in [-0.2, 0) is 6.42 Å². The largest absolute Gasteiger partial charge is 0.420 e. The fraction of sp³-hybridized carbons (Fsp3) is 0.500. The van der Waals surface area contributed by atoms with Gasteiger partial charge in [-0.1, -0.05) is 11.6 Å². The van der Waals surface area contributed by atoms with Crippen LogP contribution in [-0.4, -0.2) is 22.3 Å². The molecule has 0 amide bonds. The third kappa shape index (κ3) is 3.54. The predicted molar refractivity (Wildman–Crippen MR) is 74.1 cm³/mol. The molecule has 0 aliphatic heterocycles. The molecule has 0 radical (unpaired) electrons. The second-order valence-electron chi connectivity index (χ2n) is 5.03. The standard InChI is InChI=1S/C12H16ClN3OS/c1-12(2,3)14-6-4-9-15-16-11(17-9)10-8(13)5-7-18-10/h5,7,14H,4,6H2,1-3H3. The molecule has 98 valence electrons. The van der Waals surface area contributed by atoms with E-state index in [0.717, 1.165) is 11.4 Å². The van der Waals surface area contributed by atoms with Crippen LogP contribution in [0.5, 0.6) is 0 Å². The van der Waals surface area contributed by atoms with Gasteiger partial charge in [0.05, 0.1) is 5.02 Å². The Morgan fingerprint density at radius 1 is 1.39 bits per heavy atom. The Balaban J connectivity index is 1.97. The molecule has 2 rings (SSSR count). The summed E-state index contributed by atoms with van der Waals surface area (Å²) >= 11 is 7.52. The van der Waals surface area contributed by atoms with Crippen molar-refractivity contribution >= 4 is 22.9 Å². The Morgan fingerprint density at radius 2 is 2.17 bits per heavy atom. The van der Waals surface area contributed by atoms with Crippen molar-refractivity contribution in [3.8, 4) is 10.8 Å². The number of rotatable bonds is 4. The molecule has 6 heteroatoms. The summed E-state index contributed by atoms with van der Waals surface area (Å²) in [6.45, 7) is 7.18. The van der Waals surface area contributed by atoms with Crippen LogP contribution in [0, 0.1) is 0 Å². The number of hydrogen-bond donors (Lipinski definition) is 1. The summed E-state index contributed by atoms with van der Waals surface area (Å²) in [7, 11) is 0. The van der Waals surface area contributed by atoms with Crippen LogP contribution in [0.3, 0.4) is 0 Å². The van der Waals surface area contributed by atoms with Gasteiger partial charge in [-0.05, 0) is 32.2 Å². The second-order valence-corrected chi connectivity index (χ2v) is 6.35. The molecule has 1 N–H and O–H groups in total. The van der Waals surface area contributed by atoms with Crippen molar-refractivity contribution in [3.05, 3.63) is 22.4 Å². The van der Waals surface area contributed by atoms with Gasteiger partial charge < -0.3 is 9.73 Å². The highest BCUT2D eigenvalue weighted by atomic mass is 35.5. The number of nitrogens with zero attached hydrogens (tertiary/aromatic N) is 2. The van der Waals surface area contributed by atoms with Crippen molar-refractivity contribution in [1.29, 1.82) is 0 Å². The Hall–Kier alpha value is -0.910. The molecule has 0 bridgehead atoms. The number of hydrogen-bond acceptors (Lipinski definition) is 5. The normalized spacial score (nSPS) is 12.0. The molecule has 4 nitrogen and oxygen atoms in total. The van der Waals surface area contributed by atoms with E-state index in [4.69, 9.17) is 16.0 Å². The second kappa shape index (κ2) is 5.38. The van der Waals surface area contributed by atoms with Crippen LogP contribution in [0.1, 0.15) is 26.7 Å². The van der Waals surface area contributed by atoms with Gasteiger partial charge >= 0.3 is 0 Å².